The molecule has 2 rings (SSSR count). The van der Waals surface area contributed by atoms with Gasteiger partial charge in [-0.05, 0) is 35.6 Å². The second-order valence-corrected chi connectivity index (χ2v) is 5.12. The van der Waals surface area contributed by atoms with Crippen LogP contribution in [0.4, 0.5) is 4.39 Å². The van der Waals surface area contributed by atoms with Crippen molar-refractivity contribution in [2.75, 3.05) is 7.11 Å². The molecule has 0 atom stereocenters. The van der Waals surface area contributed by atoms with Crippen LogP contribution in [0, 0.1) is 5.82 Å². The molecule has 0 aliphatic carbocycles. The van der Waals surface area contributed by atoms with Crippen LogP contribution in [0.5, 0.6) is 5.75 Å². The van der Waals surface area contributed by atoms with Gasteiger partial charge in [0.1, 0.15) is 4.88 Å². The van der Waals surface area contributed by atoms with E-state index in [0.29, 0.717) is 10.4 Å². The maximum absolute atomic E-state index is 13.6. The number of rotatable bonds is 6. The molecule has 6 heteroatoms. The number of Topliss-reactive ketones (excluding diaryl/α,β-unsaturated/α-hetero) is 1. The van der Waals surface area contributed by atoms with Gasteiger partial charge in [0.25, 0.3) is 0 Å². The number of hydrogen-bond acceptors (Lipinski definition) is 5. The summed E-state index contributed by atoms with van der Waals surface area (Å²) in [4.78, 5) is 12.8. The number of ketones is 1. The second-order valence-electron chi connectivity index (χ2n) is 4.37. The molecule has 1 aromatic carbocycles. The van der Waals surface area contributed by atoms with Crippen LogP contribution in [0.1, 0.15) is 34.3 Å². The van der Waals surface area contributed by atoms with E-state index in [1.54, 1.807) is 6.07 Å². The lowest BCUT2D eigenvalue weighted by Crippen LogP contribution is -2.05. The fourth-order valence-corrected chi connectivity index (χ4v) is 2.55. The lowest BCUT2D eigenvalue weighted by atomic mass is 10.1. The molecule has 0 unspecified atom stereocenters. The molecule has 0 amide bonds. The fourth-order valence-electron chi connectivity index (χ4n) is 1.91. The summed E-state index contributed by atoms with van der Waals surface area (Å²) in [7, 11) is 1.41. The normalized spacial score (nSPS) is 10.6. The highest BCUT2D eigenvalue weighted by molar-refractivity contribution is 7.08. The zero-order valence-corrected chi connectivity index (χ0v) is 12.2. The Morgan fingerprint density at radius 1 is 1.45 bits per heavy atom. The first-order chi connectivity index (χ1) is 9.65. The predicted molar refractivity (Wildman–Crippen MR) is 74.9 cm³/mol. The third-order valence-electron chi connectivity index (χ3n) is 2.88. The number of carbonyl (C=O) groups is 1. The van der Waals surface area contributed by atoms with Crippen LogP contribution in [-0.2, 0) is 12.8 Å². The number of halogens is 1. The molecule has 0 saturated carbocycles. The lowest BCUT2D eigenvalue weighted by molar-refractivity contribution is 0.0995. The minimum Gasteiger partial charge on any atom is -0.494 e. The van der Waals surface area contributed by atoms with Crippen molar-refractivity contribution in [3.8, 4) is 5.75 Å². The molecule has 1 heterocycles. The average molecular weight is 294 g/mol. The molecule has 0 N–H and O–H groups in total. The molecule has 0 bridgehead atoms. The van der Waals surface area contributed by atoms with Crippen molar-refractivity contribution < 1.29 is 13.9 Å². The van der Waals surface area contributed by atoms with Crippen LogP contribution in [0.15, 0.2) is 18.2 Å². The Bertz CT molecular complexity index is 613. The summed E-state index contributed by atoms with van der Waals surface area (Å²) in [5, 5.41) is 3.97. The van der Waals surface area contributed by atoms with Crippen molar-refractivity contribution in [1.29, 1.82) is 0 Å². The zero-order valence-electron chi connectivity index (χ0n) is 11.4. The molecular formula is C14H15FN2O2S. The highest BCUT2D eigenvalue weighted by Crippen LogP contribution is 2.20. The van der Waals surface area contributed by atoms with Crippen molar-refractivity contribution in [2.24, 2.45) is 0 Å². The smallest absolute Gasteiger partial charge is 0.180 e. The van der Waals surface area contributed by atoms with Crippen molar-refractivity contribution in [3.05, 3.63) is 40.2 Å². The van der Waals surface area contributed by atoms with E-state index in [1.807, 2.05) is 6.92 Å². The van der Waals surface area contributed by atoms with E-state index in [4.69, 9.17) is 4.74 Å². The SMILES string of the molecule is CCCc1nnsc1C(=O)Cc1ccc(OC)c(F)c1. The summed E-state index contributed by atoms with van der Waals surface area (Å²) in [6, 6.07) is 4.54. The first-order valence-electron chi connectivity index (χ1n) is 6.32. The van der Waals surface area contributed by atoms with Gasteiger partial charge >= 0.3 is 0 Å². The minimum atomic E-state index is -0.464. The van der Waals surface area contributed by atoms with Gasteiger partial charge in [-0.2, -0.15) is 0 Å². The second kappa shape index (κ2) is 6.56. The third-order valence-corrected chi connectivity index (χ3v) is 3.69. The monoisotopic (exact) mass is 294 g/mol. The van der Waals surface area contributed by atoms with Crippen molar-refractivity contribution in [3.63, 3.8) is 0 Å². The van der Waals surface area contributed by atoms with E-state index in [9.17, 15) is 9.18 Å². The maximum atomic E-state index is 13.6. The summed E-state index contributed by atoms with van der Waals surface area (Å²) < 4.78 is 22.3. The molecule has 0 aliphatic heterocycles. The van der Waals surface area contributed by atoms with Gasteiger partial charge in [0.05, 0.1) is 12.8 Å². The fraction of sp³-hybridized carbons (Fsp3) is 0.357. The van der Waals surface area contributed by atoms with E-state index in [0.717, 1.165) is 30.1 Å². The number of carbonyl (C=O) groups excluding carboxylic acids is 1. The molecule has 0 saturated heterocycles. The predicted octanol–water partition coefficient (Wildman–Crippen LogP) is 3.06. The topological polar surface area (TPSA) is 52.1 Å². The minimum absolute atomic E-state index is 0.0759. The lowest BCUT2D eigenvalue weighted by Gasteiger charge is -2.04. The van der Waals surface area contributed by atoms with Crippen LogP contribution in [0.3, 0.4) is 0 Å². The molecule has 0 radical (unpaired) electrons. The Hall–Kier alpha value is -1.82. The van der Waals surface area contributed by atoms with Crippen molar-refractivity contribution in [2.45, 2.75) is 26.2 Å². The Morgan fingerprint density at radius 3 is 2.90 bits per heavy atom. The molecule has 0 fully saturated rings. The average Bonchev–Trinajstić information content (AvgIpc) is 2.88. The quantitative estimate of drug-likeness (QED) is 0.768. The number of hydrogen-bond donors (Lipinski definition) is 0. The summed E-state index contributed by atoms with van der Waals surface area (Å²) >= 11 is 1.10. The standard InChI is InChI=1S/C14H15FN2O2S/c1-3-4-11-14(20-17-16-11)12(18)8-9-5-6-13(19-2)10(15)7-9/h5-7H,3-4,8H2,1-2H3. The summed E-state index contributed by atoms with van der Waals surface area (Å²) in [5.74, 6) is -0.366. The van der Waals surface area contributed by atoms with Crippen LogP contribution in [0.25, 0.3) is 0 Å². The molecular weight excluding hydrogens is 279 g/mol. The maximum Gasteiger partial charge on any atom is 0.180 e. The van der Waals surface area contributed by atoms with Gasteiger partial charge in [-0.15, -0.1) is 5.10 Å². The Morgan fingerprint density at radius 2 is 2.25 bits per heavy atom. The van der Waals surface area contributed by atoms with Gasteiger partial charge in [-0.3, -0.25) is 4.79 Å². The summed E-state index contributed by atoms with van der Waals surface area (Å²) in [6.07, 6.45) is 1.78. The van der Waals surface area contributed by atoms with Gasteiger partial charge in [0, 0.05) is 6.42 Å². The van der Waals surface area contributed by atoms with Gasteiger partial charge in [0.2, 0.25) is 0 Å². The molecule has 20 heavy (non-hydrogen) atoms. The molecule has 106 valence electrons. The first-order valence-corrected chi connectivity index (χ1v) is 7.09. The highest BCUT2D eigenvalue weighted by atomic mass is 32.1. The highest BCUT2D eigenvalue weighted by Gasteiger charge is 2.16. The van der Waals surface area contributed by atoms with Gasteiger partial charge < -0.3 is 4.74 Å². The van der Waals surface area contributed by atoms with E-state index in [-0.39, 0.29) is 18.0 Å². The third kappa shape index (κ3) is 3.19. The van der Waals surface area contributed by atoms with Crippen molar-refractivity contribution >= 4 is 17.3 Å². The van der Waals surface area contributed by atoms with Crippen LogP contribution in [0.2, 0.25) is 0 Å². The summed E-state index contributed by atoms with van der Waals surface area (Å²) in [5.41, 5.74) is 1.35. The molecule has 2 aromatic rings. The Labute approximate surface area is 120 Å². The van der Waals surface area contributed by atoms with Gasteiger partial charge in [-0.25, -0.2) is 4.39 Å². The van der Waals surface area contributed by atoms with E-state index in [1.165, 1.54) is 19.2 Å². The first kappa shape index (κ1) is 14.6. The number of nitrogens with zero attached hydrogens (tertiary/aromatic N) is 2. The summed E-state index contributed by atoms with van der Waals surface area (Å²) in [6.45, 7) is 2.02. The number of aromatic nitrogens is 2. The number of aryl methyl sites for hydroxylation is 1. The van der Waals surface area contributed by atoms with Crippen molar-refractivity contribution in [1.82, 2.24) is 9.59 Å². The molecule has 1 aromatic heterocycles. The van der Waals surface area contributed by atoms with E-state index in [2.05, 4.69) is 9.59 Å². The number of ether oxygens (including phenoxy) is 1. The van der Waals surface area contributed by atoms with Gasteiger partial charge in [-0.1, -0.05) is 23.9 Å². The zero-order chi connectivity index (χ0) is 14.5. The van der Waals surface area contributed by atoms with E-state index < -0.39 is 5.82 Å². The Kier molecular flexibility index (Phi) is 4.79. The van der Waals surface area contributed by atoms with E-state index >= 15 is 0 Å². The largest absolute Gasteiger partial charge is 0.494 e. The molecule has 4 nitrogen and oxygen atoms in total. The van der Waals surface area contributed by atoms with Crippen LogP contribution >= 0.6 is 11.5 Å². The van der Waals surface area contributed by atoms with Crippen LogP contribution in [-0.4, -0.2) is 22.5 Å². The van der Waals surface area contributed by atoms with Gasteiger partial charge in [0.15, 0.2) is 17.3 Å². The van der Waals surface area contributed by atoms with Crippen LogP contribution < -0.4 is 4.74 Å². The molecule has 0 aliphatic rings. The molecule has 0 spiro atoms. The number of benzene rings is 1. The Balaban J connectivity index is 2.15. The number of methoxy groups -OCH3 is 1.